The average Bonchev–Trinajstić information content (AvgIpc) is 2.80. The Labute approximate surface area is 115 Å². The maximum absolute atomic E-state index is 11.5. The van der Waals surface area contributed by atoms with Gasteiger partial charge in [0, 0.05) is 0 Å². The first-order valence-electron chi connectivity index (χ1n) is 7.02. The maximum Gasteiger partial charge on any atom is 0.321 e. The summed E-state index contributed by atoms with van der Waals surface area (Å²) in [6.45, 7) is 8.08. The molecule has 0 bridgehead atoms. The highest BCUT2D eigenvalue weighted by atomic mass is 16.4. The predicted octanol–water partition coefficient (Wildman–Crippen LogP) is 2.70. The first-order chi connectivity index (χ1) is 8.99. The fraction of sp³-hybridized carbons (Fsp3) is 0.562. The monoisotopic (exact) mass is 261 g/mol. The molecule has 1 saturated heterocycles. The molecule has 0 amide bonds. The number of likely N-dealkylation sites (tertiary alicyclic amines) is 1. The summed E-state index contributed by atoms with van der Waals surface area (Å²) in [4.78, 5) is 13.7. The second-order valence-corrected chi connectivity index (χ2v) is 5.68. The van der Waals surface area contributed by atoms with E-state index in [1.165, 1.54) is 22.3 Å². The number of rotatable bonds is 4. The summed E-state index contributed by atoms with van der Waals surface area (Å²) >= 11 is 0. The minimum atomic E-state index is -0.693. The number of hydrogen-bond donors (Lipinski definition) is 1. The molecule has 3 heteroatoms. The number of carboxylic acid groups (broad SMARTS) is 1. The Balaban J connectivity index is 2.24. The van der Waals surface area contributed by atoms with Crippen molar-refractivity contribution in [2.75, 3.05) is 13.1 Å². The predicted molar refractivity (Wildman–Crippen MR) is 76.6 cm³/mol. The molecule has 19 heavy (non-hydrogen) atoms. The Kier molecular flexibility index (Phi) is 4.25. The van der Waals surface area contributed by atoms with Gasteiger partial charge in [0.2, 0.25) is 0 Å². The number of hydrogen-bond acceptors (Lipinski definition) is 2. The molecular formula is C16H23NO2. The number of nitrogens with zero attached hydrogens (tertiary/aromatic N) is 1. The van der Waals surface area contributed by atoms with Crippen LogP contribution in [0.3, 0.4) is 0 Å². The molecule has 1 aliphatic rings. The third-order valence-corrected chi connectivity index (χ3v) is 4.10. The summed E-state index contributed by atoms with van der Waals surface area (Å²) < 4.78 is 0. The molecule has 1 aliphatic heterocycles. The van der Waals surface area contributed by atoms with Crippen molar-refractivity contribution in [1.29, 1.82) is 0 Å². The number of carboxylic acids is 1. The van der Waals surface area contributed by atoms with Gasteiger partial charge in [-0.15, -0.1) is 0 Å². The van der Waals surface area contributed by atoms with Gasteiger partial charge in [-0.3, -0.25) is 9.69 Å². The van der Waals surface area contributed by atoms with E-state index in [4.69, 9.17) is 0 Å². The Morgan fingerprint density at radius 2 is 1.74 bits per heavy atom. The van der Waals surface area contributed by atoms with Gasteiger partial charge < -0.3 is 5.11 Å². The molecule has 1 heterocycles. The van der Waals surface area contributed by atoms with Gasteiger partial charge in [-0.25, -0.2) is 0 Å². The molecular weight excluding hydrogens is 238 g/mol. The van der Waals surface area contributed by atoms with Gasteiger partial charge >= 0.3 is 5.97 Å². The highest BCUT2D eigenvalue weighted by molar-refractivity contribution is 5.74. The molecule has 0 unspecified atom stereocenters. The highest BCUT2D eigenvalue weighted by Crippen LogP contribution is 2.22. The molecule has 104 valence electrons. The first kappa shape index (κ1) is 14.1. The average molecular weight is 261 g/mol. The van der Waals surface area contributed by atoms with Crippen molar-refractivity contribution < 1.29 is 9.90 Å². The van der Waals surface area contributed by atoms with Crippen LogP contribution in [0.1, 0.15) is 35.1 Å². The second-order valence-electron chi connectivity index (χ2n) is 5.68. The van der Waals surface area contributed by atoms with Gasteiger partial charge in [-0.05, 0) is 69.8 Å². The van der Waals surface area contributed by atoms with E-state index in [2.05, 4.69) is 37.8 Å². The lowest BCUT2D eigenvalue weighted by Gasteiger charge is -2.25. The summed E-state index contributed by atoms with van der Waals surface area (Å²) in [5.41, 5.74) is 4.86. The molecule has 2 rings (SSSR count). The van der Waals surface area contributed by atoms with Crippen molar-refractivity contribution in [3.8, 4) is 0 Å². The lowest BCUT2D eigenvalue weighted by atomic mass is 9.94. The standard InChI is InChI=1S/C16H23NO2/c1-11-8-12(2)14(13(3)9-11)10-15(16(18)19)17-6-4-5-7-17/h8-9,15H,4-7,10H2,1-3H3,(H,18,19)/t15-/m1/s1. The van der Waals surface area contributed by atoms with E-state index in [0.29, 0.717) is 6.42 Å². The Morgan fingerprint density at radius 3 is 2.21 bits per heavy atom. The zero-order chi connectivity index (χ0) is 14.0. The molecule has 0 spiro atoms. The van der Waals surface area contributed by atoms with Crippen LogP contribution in [0, 0.1) is 20.8 Å². The van der Waals surface area contributed by atoms with Gasteiger partial charge in [-0.1, -0.05) is 17.7 Å². The molecule has 3 nitrogen and oxygen atoms in total. The van der Waals surface area contributed by atoms with Crippen LogP contribution >= 0.6 is 0 Å². The lowest BCUT2D eigenvalue weighted by Crippen LogP contribution is -2.41. The highest BCUT2D eigenvalue weighted by Gasteiger charge is 2.28. The Bertz CT molecular complexity index is 453. The van der Waals surface area contributed by atoms with E-state index in [-0.39, 0.29) is 6.04 Å². The second kappa shape index (κ2) is 5.74. The molecule has 1 fully saturated rings. The summed E-state index contributed by atoms with van der Waals surface area (Å²) in [5.74, 6) is -0.693. The SMILES string of the molecule is Cc1cc(C)c(C[C@H](C(=O)O)N2CCCC2)c(C)c1. The molecule has 1 aromatic carbocycles. The smallest absolute Gasteiger partial charge is 0.321 e. The van der Waals surface area contributed by atoms with E-state index in [1.54, 1.807) is 0 Å². The molecule has 0 aliphatic carbocycles. The fourth-order valence-electron chi connectivity index (χ4n) is 3.15. The van der Waals surface area contributed by atoms with E-state index in [0.717, 1.165) is 25.9 Å². The molecule has 1 atom stereocenters. The topological polar surface area (TPSA) is 40.5 Å². The lowest BCUT2D eigenvalue weighted by molar-refractivity contribution is -0.142. The van der Waals surface area contributed by atoms with Gasteiger partial charge in [0.25, 0.3) is 0 Å². The van der Waals surface area contributed by atoms with Crippen molar-refractivity contribution in [2.45, 2.75) is 46.1 Å². The zero-order valence-electron chi connectivity index (χ0n) is 12.1. The van der Waals surface area contributed by atoms with Crippen molar-refractivity contribution in [2.24, 2.45) is 0 Å². The minimum absolute atomic E-state index is 0.373. The van der Waals surface area contributed by atoms with Crippen LogP contribution in [-0.2, 0) is 11.2 Å². The van der Waals surface area contributed by atoms with Crippen LogP contribution in [0.25, 0.3) is 0 Å². The van der Waals surface area contributed by atoms with Crippen LogP contribution in [0.4, 0.5) is 0 Å². The van der Waals surface area contributed by atoms with Crippen molar-refractivity contribution in [1.82, 2.24) is 4.90 Å². The van der Waals surface area contributed by atoms with Crippen molar-refractivity contribution in [3.63, 3.8) is 0 Å². The third kappa shape index (κ3) is 3.16. The molecule has 0 saturated carbocycles. The van der Waals surface area contributed by atoms with Crippen LogP contribution in [0.2, 0.25) is 0 Å². The number of aryl methyl sites for hydroxylation is 3. The van der Waals surface area contributed by atoms with Gasteiger partial charge in [0.05, 0.1) is 0 Å². The molecule has 0 aromatic heterocycles. The summed E-state index contributed by atoms with van der Waals surface area (Å²) in [7, 11) is 0. The number of carbonyl (C=O) groups is 1. The van der Waals surface area contributed by atoms with Crippen molar-refractivity contribution in [3.05, 3.63) is 34.4 Å². The van der Waals surface area contributed by atoms with Crippen LogP contribution in [0.15, 0.2) is 12.1 Å². The van der Waals surface area contributed by atoms with Crippen LogP contribution in [-0.4, -0.2) is 35.1 Å². The fourth-order valence-corrected chi connectivity index (χ4v) is 3.15. The van der Waals surface area contributed by atoms with Gasteiger partial charge in [0.1, 0.15) is 6.04 Å². The van der Waals surface area contributed by atoms with E-state index in [1.807, 2.05) is 0 Å². The number of aliphatic carboxylic acids is 1. The largest absolute Gasteiger partial charge is 0.480 e. The molecule has 1 aromatic rings. The number of benzene rings is 1. The quantitative estimate of drug-likeness (QED) is 0.906. The normalized spacial score (nSPS) is 17.6. The summed E-state index contributed by atoms with van der Waals surface area (Å²) in [6, 6.07) is 3.92. The first-order valence-corrected chi connectivity index (χ1v) is 7.02. The minimum Gasteiger partial charge on any atom is -0.480 e. The third-order valence-electron chi connectivity index (χ3n) is 4.10. The van der Waals surface area contributed by atoms with E-state index < -0.39 is 5.97 Å². The van der Waals surface area contributed by atoms with Gasteiger partial charge in [0.15, 0.2) is 0 Å². The van der Waals surface area contributed by atoms with Crippen LogP contribution < -0.4 is 0 Å². The van der Waals surface area contributed by atoms with Crippen molar-refractivity contribution >= 4 is 5.97 Å². The summed E-state index contributed by atoms with van der Waals surface area (Å²) in [5, 5.41) is 9.49. The molecule has 1 N–H and O–H groups in total. The van der Waals surface area contributed by atoms with E-state index >= 15 is 0 Å². The maximum atomic E-state index is 11.5. The zero-order valence-corrected chi connectivity index (χ0v) is 12.1. The molecule has 0 radical (unpaired) electrons. The van der Waals surface area contributed by atoms with Crippen LogP contribution in [0.5, 0.6) is 0 Å². The Hall–Kier alpha value is -1.35. The van der Waals surface area contributed by atoms with Gasteiger partial charge in [-0.2, -0.15) is 0 Å². The Morgan fingerprint density at radius 1 is 1.21 bits per heavy atom. The van der Waals surface area contributed by atoms with E-state index in [9.17, 15) is 9.90 Å². The summed E-state index contributed by atoms with van der Waals surface area (Å²) in [6.07, 6.45) is 2.86.